The van der Waals surface area contributed by atoms with E-state index in [1.165, 1.54) is 5.56 Å². The number of hydrazine groups is 1. The van der Waals surface area contributed by atoms with Gasteiger partial charge in [-0.2, -0.15) is 0 Å². The Hall–Kier alpha value is -2.70. The fraction of sp³-hybridized carbons (Fsp3) is 0.417. The van der Waals surface area contributed by atoms with Crippen molar-refractivity contribution in [2.45, 2.75) is 25.8 Å². The number of nitrogens with one attached hydrogen (secondary N) is 2. The molecule has 30 heavy (non-hydrogen) atoms. The number of rotatable bonds is 7. The predicted octanol–water partition coefficient (Wildman–Crippen LogP) is 2.22. The first-order valence-electron chi connectivity index (χ1n) is 10.9. The number of carbonyl (C=O) groups is 2. The van der Waals surface area contributed by atoms with E-state index in [4.69, 9.17) is 0 Å². The highest BCUT2D eigenvalue weighted by Gasteiger charge is 2.50. The zero-order valence-corrected chi connectivity index (χ0v) is 17.5. The van der Waals surface area contributed by atoms with Crippen LogP contribution in [-0.2, 0) is 16.0 Å². The predicted molar refractivity (Wildman–Crippen MR) is 118 cm³/mol. The number of hydrogen-bond acceptors (Lipinski definition) is 4. The van der Waals surface area contributed by atoms with Crippen LogP contribution in [0.25, 0.3) is 0 Å². The second-order valence-electron chi connectivity index (χ2n) is 8.16. The summed E-state index contributed by atoms with van der Waals surface area (Å²) in [4.78, 5) is 28.5. The Morgan fingerprint density at radius 1 is 1.07 bits per heavy atom. The van der Waals surface area contributed by atoms with Crippen LogP contribution in [0, 0.1) is 11.8 Å². The van der Waals surface area contributed by atoms with Crippen LogP contribution < -0.4 is 15.8 Å². The lowest BCUT2D eigenvalue weighted by molar-refractivity contribution is -0.129. The van der Waals surface area contributed by atoms with Crippen molar-refractivity contribution in [2.75, 3.05) is 31.2 Å². The van der Waals surface area contributed by atoms with Gasteiger partial charge >= 0.3 is 0 Å². The quantitative estimate of drug-likeness (QED) is 0.740. The molecule has 0 spiro atoms. The largest absolute Gasteiger partial charge is 0.355 e. The van der Waals surface area contributed by atoms with E-state index in [2.05, 4.69) is 34.7 Å². The van der Waals surface area contributed by atoms with E-state index in [1.54, 1.807) is 5.01 Å². The van der Waals surface area contributed by atoms with Gasteiger partial charge in [0.05, 0.1) is 23.6 Å². The van der Waals surface area contributed by atoms with Crippen LogP contribution in [-0.4, -0.2) is 48.9 Å². The van der Waals surface area contributed by atoms with Gasteiger partial charge in [-0.3, -0.25) is 9.59 Å². The molecule has 0 aromatic heterocycles. The van der Waals surface area contributed by atoms with Crippen molar-refractivity contribution in [3.63, 3.8) is 0 Å². The van der Waals surface area contributed by atoms with Crippen LogP contribution >= 0.6 is 0 Å². The fourth-order valence-electron chi connectivity index (χ4n) is 4.56. The lowest BCUT2D eigenvalue weighted by Crippen LogP contribution is -2.57. The molecule has 0 aliphatic carbocycles. The molecule has 3 unspecified atom stereocenters. The highest BCUT2D eigenvalue weighted by atomic mass is 16.2. The van der Waals surface area contributed by atoms with E-state index in [1.807, 2.05) is 48.5 Å². The first-order chi connectivity index (χ1) is 14.7. The number of fused-ring (bicyclic) bond motifs is 1. The van der Waals surface area contributed by atoms with Gasteiger partial charge in [-0.1, -0.05) is 55.5 Å². The van der Waals surface area contributed by atoms with Gasteiger partial charge in [-0.15, -0.1) is 0 Å². The Bertz CT molecular complexity index is 858. The maximum Gasteiger partial charge on any atom is 0.247 e. The average Bonchev–Trinajstić information content (AvgIpc) is 3.11. The summed E-state index contributed by atoms with van der Waals surface area (Å²) in [6, 6.07) is 19.6. The third-order valence-corrected chi connectivity index (χ3v) is 6.04. The van der Waals surface area contributed by atoms with Crippen molar-refractivity contribution >= 4 is 17.5 Å². The molecule has 158 valence electrons. The molecule has 2 amide bonds. The average molecular weight is 407 g/mol. The molecule has 2 N–H and O–H groups in total. The molecule has 0 bridgehead atoms. The Morgan fingerprint density at radius 3 is 2.47 bits per heavy atom. The second-order valence-corrected chi connectivity index (χ2v) is 8.16. The topological polar surface area (TPSA) is 64.7 Å². The Labute approximate surface area is 178 Å². The number of amides is 2. The van der Waals surface area contributed by atoms with E-state index >= 15 is 0 Å². The molecule has 2 heterocycles. The van der Waals surface area contributed by atoms with E-state index in [9.17, 15) is 9.59 Å². The summed E-state index contributed by atoms with van der Waals surface area (Å²) in [5.74, 6) is -0.398. The van der Waals surface area contributed by atoms with Crippen LogP contribution in [0.3, 0.4) is 0 Å². The minimum absolute atomic E-state index is 0.0249. The van der Waals surface area contributed by atoms with Crippen molar-refractivity contribution in [2.24, 2.45) is 11.8 Å². The smallest absolute Gasteiger partial charge is 0.247 e. The second kappa shape index (κ2) is 9.41. The first kappa shape index (κ1) is 20.6. The molecule has 0 radical (unpaired) electrons. The Morgan fingerprint density at radius 2 is 1.77 bits per heavy atom. The molecule has 2 fully saturated rings. The molecule has 2 aliphatic rings. The van der Waals surface area contributed by atoms with Gasteiger partial charge in [-0.05, 0) is 37.1 Å². The standard InChI is InChI=1S/C24H30N4O2/c1-2-15-27-16-20(23(29)25-14-13-18-9-5-3-6-10-18)22-21(17-27)24(30)28(26-22)19-11-7-4-8-12-19/h3-12,20-22,26H,2,13-17H2,1H3,(H,25,29). The summed E-state index contributed by atoms with van der Waals surface area (Å²) >= 11 is 0. The molecule has 0 saturated carbocycles. The fourth-order valence-corrected chi connectivity index (χ4v) is 4.56. The molecule has 2 aromatic carbocycles. The van der Waals surface area contributed by atoms with E-state index in [0.717, 1.165) is 25.1 Å². The third kappa shape index (κ3) is 4.40. The number of hydrogen-bond donors (Lipinski definition) is 2. The number of para-hydroxylation sites is 1. The number of anilines is 1. The van der Waals surface area contributed by atoms with Gasteiger partial charge in [0, 0.05) is 19.6 Å². The highest BCUT2D eigenvalue weighted by Crippen LogP contribution is 2.31. The van der Waals surface area contributed by atoms with Crippen molar-refractivity contribution in [1.82, 2.24) is 15.6 Å². The van der Waals surface area contributed by atoms with Gasteiger partial charge < -0.3 is 10.2 Å². The number of piperidine rings is 1. The molecule has 2 aromatic rings. The van der Waals surface area contributed by atoms with Crippen molar-refractivity contribution in [3.05, 3.63) is 66.2 Å². The van der Waals surface area contributed by atoms with Crippen molar-refractivity contribution < 1.29 is 9.59 Å². The van der Waals surface area contributed by atoms with Gasteiger partial charge in [0.2, 0.25) is 11.8 Å². The normalized spacial score (nSPS) is 24.0. The molecule has 4 rings (SSSR count). The summed E-state index contributed by atoms with van der Waals surface area (Å²) in [5, 5.41) is 4.74. The number of carbonyl (C=O) groups excluding carboxylic acids is 2. The van der Waals surface area contributed by atoms with E-state index in [0.29, 0.717) is 19.6 Å². The number of nitrogens with zero attached hydrogens (tertiary/aromatic N) is 2. The molecule has 3 atom stereocenters. The lowest BCUT2D eigenvalue weighted by Gasteiger charge is -2.38. The van der Waals surface area contributed by atoms with E-state index in [-0.39, 0.29) is 29.7 Å². The highest BCUT2D eigenvalue weighted by molar-refractivity contribution is 5.98. The van der Waals surface area contributed by atoms with Crippen LogP contribution in [0.15, 0.2) is 60.7 Å². The SMILES string of the molecule is CCCN1CC(C(=O)NCCc2ccccc2)C2NN(c3ccccc3)C(=O)C2C1. The monoisotopic (exact) mass is 406 g/mol. The van der Waals surface area contributed by atoms with Gasteiger partial charge in [0.15, 0.2) is 0 Å². The number of likely N-dealkylation sites (tertiary alicyclic amines) is 1. The zero-order chi connectivity index (χ0) is 20.9. The van der Waals surface area contributed by atoms with Crippen LogP contribution in [0.5, 0.6) is 0 Å². The molecule has 6 heteroatoms. The minimum atomic E-state index is -0.260. The molecule has 6 nitrogen and oxygen atoms in total. The first-order valence-corrected chi connectivity index (χ1v) is 10.9. The lowest BCUT2D eigenvalue weighted by atomic mass is 9.84. The summed E-state index contributed by atoms with van der Waals surface area (Å²) in [5.41, 5.74) is 5.38. The molecule has 2 saturated heterocycles. The summed E-state index contributed by atoms with van der Waals surface area (Å²) in [6.45, 7) is 5.00. The van der Waals surface area contributed by atoms with Crippen molar-refractivity contribution in [1.29, 1.82) is 0 Å². The maximum atomic E-state index is 13.2. The summed E-state index contributed by atoms with van der Waals surface area (Å²) in [6.07, 6.45) is 1.80. The summed E-state index contributed by atoms with van der Waals surface area (Å²) < 4.78 is 0. The van der Waals surface area contributed by atoms with E-state index < -0.39 is 0 Å². The van der Waals surface area contributed by atoms with Gasteiger partial charge in [0.1, 0.15) is 0 Å². The minimum Gasteiger partial charge on any atom is -0.355 e. The van der Waals surface area contributed by atoms with Gasteiger partial charge in [0.25, 0.3) is 0 Å². The van der Waals surface area contributed by atoms with Crippen LogP contribution in [0.1, 0.15) is 18.9 Å². The van der Waals surface area contributed by atoms with Crippen LogP contribution in [0.4, 0.5) is 5.69 Å². The van der Waals surface area contributed by atoms with Crippen molar-refractivity contribution in [3.8, 4) is 0 Å². The number of benzene rings is 2. The van der Waals surface area contributed by atoms with Gasteiger partial charge in [-0.25, -0.2) is 10.4 Å². The molecule has 2 aliphatic heterocycles. The summed E-state index contributed by atoms with van der Waals surface area (Å²) in [7, 11) is 0. The zero-order valence-electron chi connectivity index (χ0n) is 17.5. The van der Waals surface area contributed by atoms with Crippen LogP contribution in [0.2, 0.25) is 0 Å². The Balaban J connectivity index is 1.46. The third-order valence-electron chi connectivity index (χ3n) is 6.04. The molecular formula is C24H30N4O2. The Kier molecular flexibility index (Phi) is 6.45. The maximum absolute atomic E-state index is 13.2. The molecular weight excluding hydrogens is 376 g/mol.